The van der Waals surface area contributed by atoms with Gasteiger partial charge in [0.05, 0.1) is 48.2 Å². The molecule has 0 amide bonds. The van der Waals surface area contributed by atoms with Gasteiger partial charge in [-0.15, -0.1) is 0 Å². The molecule has 1 heterocycles. The molecule has 1 atom stereocenters. The molecule has 0 spiro atoms. The largest absolute Gasteiger partial charge is 0.198 e. The van der Waals surface area contributed by atoms with Gasteiger partial charge in [-0.3, -0.25) is 0 Å². The Kier molecular flexibility index (Phi) is 6.42. The van der Waals surface area contributed by atoms with Crippen LogP contribution in [0.1, 0.15) is 6.42 Å². The lowest BCUT2D eigenvalue weighted by Gasteiger charge is -2.42. The summed E-state index contributed by atoms with van der Waals surface area (Å²) in [5.74, 6) is 0. The molecule has 33 heavy (non-hydrogen) atoms. The smallest absolute Gasteiger partial charge is 0.126 e. The maximum absolute atomic E-state index is 10.0. The van der Waals surface area contributed by atoms with Crippen molar-refractivity contribution in [3.8, 4) is 6.07 Å². The molecule has 4 aromatic carbocycles. The van der Waals surface area contributed by atoms with Crippen LogP contribution in [-0.4, -0.2) is 24.1 Å². The molecule has 1 unspecified atom stereocenters. The minimum absolute atomic E-state index is 0.356. The minimum Gasteiger partial charge on any atom is -0.198 e. The average Bonchev–Trinajstić information content (AvgIpc) is 2.91. The molecular weight excluding hydrogens is 436 g/mol. The molecule has 0 radical (unpaired) electrons. The van der Waals surface area contributed by atoms with Crippen molar-refractivity contribution in [1.29, 1.82) is 5.26 Å². The topological polar surface area (TPSA) is 23.8 Å². The van der Waals surface area contributed by atoms with E-state index < -0.39 is 14.5 Å². The van der Waals surface area contributed by atoms with Gasteiger partial charge < -0.3 is 0 Å². The minimum atomic E-state index is -1.74. The molecule has 1 aliphatic rings. The Bertz CT molecular complexity index is 1140. The van der Waals surface area contributed by atoms with Crippen LogP contribution in [0.3, 0.4) is 0 Å². The second kappa shape index (κ2) is 9.61. The summed E-state index contributed by atoms with van der Waals surface area (Å²) in [5.41, 5.74) is 0.356. The van der Waals surface area contributed by atoms with E-state index in [1.54, 1.807) is 0 Å². The van der Waals surface area contributed by atoms with Gasteiger partial charge in [0.25, 0.3) is 0 Å². The first kappa shape index (κ1) is 22.0. The molecule has 0 bridgehead atoms. The lowest BCUT2D eigenvalue weighted by Crippen LogP contribution is -2.45. The fourth-order valence-corrected chi connectivity index (χ4v) is 17.8. The highest BCUT2D eigenvalue weighted by Crippen LogP contribution is 2.74. The SMILES string of the molecule is N#CCC1C[P+](c2ccccc2)(c2ccccc2)CC[P+]1(c1ccccc1)c1ccccc1. The summed E-state index contributed by atoms with van der Waals surface area (Å²) < 4.78 is 0. The van der Waals surface area contributed by atoms with E-state index >= 15 is 0 Å². The molecule has 1 fully saturated rings. The van der Waals surface area contributed by atoms with E-state index in [1.165, 1.54) is 27.4 Å². The van der Waals surface area contributed by atoms with Gasteiger partial charge in [-0.1, -0.05) is 72.8 Å². The van der Waals surface area contributed by atoms with Crippen molar-refractivity contribution in [2.45, 2.75) is 12.1 Å². The Morgan fingerprint density at radius 1 is 0.576 bits per heavy atom. The standard InChI is InChI=1S/C30H29NP2/c31-22-21-30-25-32(26-13-5-1-6-14-26,27-15-7-2-8-16-27)23-24-33(30,28-17-9-3-10-18-28)29-19-11-4-12-20-29/h1-20,30H,21,23-25H2/q+2. The van der Waals surface area contributed by atoms with Gasteiger partial charge in [-0.2, -0.15) is 5.26 Å². The monoisotopic (exact) mass is 465 g/mol. The summed E-state index contributed by atoms with van der Waals surface area (Å²) in [6, 6.07) is 47.1. The van der Waals surface area contributed by atoms with Crippen LogP contribution in [0.15, 0.2) is 121 Å². The van der Waals surface area contributed by atoms with E-state index in [4.69, 9.17) is 0 Å². The van der Waals surface area contributed by atoms with Gasteiger partial charge in [0.15, 0.2) is 0 Å². The second-order valence-corrected chi connectivity index (χ2v) is 16.6. The Morgan fingerprint density at radius 3 is 1.36 bits per heavy atom. The van der Waals surface area contributed by atoms with Crippen molar-refractivity contribution in [2.75, 3.05) is 18.5 Å². The first-order valence-electron chi connectivity index (χ1n) is 11.6. The third-order valence-electron chi connectivity index (χ3n) is 7.24. The Balaban J connectivity index is 1.71. The second-order valence-electron chi connectivity index (χ2n) is 8.82. The zero-order valence-corrected chi connectivity index (χ0v) is 20.6. The molecule has 162 valence electrons. The van der Waals surface area contributed by atoms with Crippen LogP contribution < -0.4 is 21.2 Å². The van der Waals surface area contributed by atoms with E-state index in [9.17, 15) is 5.26 Å². The van der Waals surface area contributed by atoms with Gasteiger partial charge in [-0.25, -0.2) is 0 Å². The molecule has 0 aliphatic carbocycles. The van der Waals surface area contributed by atoms with Crippen LogP contribution in [0.4, 0.5) is 0 Å². The summed E-state index contributed by atoms with van der Waals surface area (Å²) in [7, 11) is -3.36. The summed E-state index contributed by atoms with van der Waals surface area (Å²) in [6.45, 7) is 0. The Labute approximate surface area is 198 Å². The van der Waals surface area contributed by atoms with Gasteiger partial charge in [0.2, 0.25) is 0 Å². The van der Waals surface area contributed by atoms with Crippen molar-refractivity contribution in [3.63, 3.8) is 0 Å². The molecule has 0 aromatic heterocycles. The third kappa shape index (κ3) is 3.93. The molecule has 0 saturated carbocycles. The molecule has 1 nitrogen and oxygen atoms in total. The van der Waals surface area contributed by atoms with Gasteiger partial charge in [0.1, 0.15) is 24.1 Å². The van der Waals surface area contributed by atoms with E-state index in [0.29, 0.717) is 12.1 Å². The first-order chi connectivity index (χ1) is 16.3. The zero-order chi connectivity index (χ0) is 22.6. The molecule has 0 N–H and O–H groups in total. The predicted molar refractivity (Wildman–Crippen MR) is 147 cm³/mol. The van der Waals surface area contributed by atoms with E-state index in [-0.39, 0.29) is 0 Å². The number of hydrogen-bond acceptors (Lipinski definition) is 1. The number of nitriles is 1. The van der Waals surface area contributed by atoms with Crippen LogP contribution in [0.5, 0.6) is 0 Å². The van der Waals surface area contributed by atoms with Crippen LogP contribution >= 0.6 is 14.5 Å². The van der Waals surface area contributed by atoms with Crippen molar-refractivity contribution in [2.24, 2.45) is 0 Å². The lowest BCUT2D eigenvalue weighted by atomic mass is 10.3. The van der Waals surface area contributed by atoms with Gasteiger partial charge in [0, 0.05) is 0 Å². The summed E-state index contributed by atoms with van der Waals surface area (Å²) in [4.78, 5) is 0. The average molecular weight is 466 g/mol. The van der Waals surface area contributed by atoms with E-state index in [0.717, 1.165) is 12.3 Å². The number of rotatable bonds is 5. The Hall–Kier alpha value is -2.77. The van der Waals surface area contributed by atoms with Crippen molar-refractivity contribution in [1.82, 2.24) is 0 Å². The first-order valence-corrected chi connectivity index (χ1v) is 15.8. The van der Waals surface area contributed by atoms with Crippen LogP contribution in [-0.2, 0) is 0 Å². The highest BCUT2D eigenvalue weighted by molar-refractivity contribution is 7.96. The lowest BCUT2D eigenvalue weighted by molar-refractivity contribution is 0.957. The number of benzene rings is 4. The predicted octanol–water partition coefficient (Wildman–Crippen LogP) is 5.62. The quantitative estimate of drug-likeness (QED) is 0.351. The molecule has 3 heteroatoms. The van der Waals surface area contributed by atoms with Crippen LogP contribution in [0, 0.1) is 11.3 Å². The van der Waals surface area contributed by atoms with Crippen molar-refractivity contribution >= 4 is 35.7 Å². The van der Waals surface area contributed by atoms with Crippen LogP contribution in [0.25, 0.3) is 0 Å². The maximum Gasteiger partial charge on any atom is 0.126 e. The fourth-order valence-electron chi connectivity index (χ4n) is 5.69. The number of hydrogen-bond donors (Lipinski definition) is 0. The number of nitrogens with zero attached hydrogens (tertiary/aromatic N) is 1. The van der Waals surface area contributed by atoms with Crippen molar-refractivity contribution in [3.05, 3.63) is 121 Å². The summed E-state index contributed by atoms with van der Waals surface area (Å²) >= 11 is 0. The molecule has 1 aliphatic heterocycles. The molecule has 4 aromatic rings. The molecule has 5 rings (SSSR count). The fraction of sp³-hybridized carbons (Fsp3) is 0.167. The normalized spacial score (nSPS) is 18.8. The maximum atomic E-state index is 10.0. The molecular formula is C30H29NP2+2. The van der Waals surface area contributed by atoms with Crippen LogP contribution in [0.2, 0.25) is 0 Å². The Morgan fingerprint density at radius 2 is 0.970 bits per heavy atom. The third-order valence-corrected chi connectivity index (χ3v) is 17.5. The molecule has 1 saturated heterocycles. The van der Waals surface area contributed by atoms with Crippen molar-refractivity contribution < 1.29 is 0 Å². The highest BCUT2D eigenvalue weighted by Gasteiger charge is 2.62. The zero-order valence-electron chi connectivity index (χ0n) is 18.8. The van der Waals surface area contributed by atoms with E-state index in [1.807, 2.05) is 0 Å². The van der Waals surface area contributed by atoms with E-state index in [2.05, 4.69) is 127 Å². The summed E-state index contributed by atoms with van der Waals surface area (Å²) in [5, 5.41) is 15.9. The summed E-state index contributed by atoms with van der Waals surface area (Å²) in [6.07, 6.45) is 4.07. The highest BCUT2D eigenvalue weighted by atomic mass is 31.2. The van der Waals surface area contributed by atoms with Gasteiger partial charge >= 0.3 is 0 Å². The van der Waals surface area contributed by atoms with Gasteiger partial charge in [-0.05, 0) is 48.5 Å².